The summed E-state index contributed by atoms with van der Waals surface area (Å²) in [6, 6.07) is 0. The number of halogens is 1. The summed E-state index contributed by atoms with van der Waals surface area (Å²) in [6.45, 7) is 6.92. The van der Waals surface area contributed by atoms with Gasteiger partial charge in [-0.1, -0.05) is 0 Å². The number of rotatable bonds is 2. The Morgan fingerprint density at radius 1 is 1.28 bits per heavy atom. The molecule has 0 bridgehead atoms. The van der Waals surface area contributed by atoms with Crippen molar-refractivity contribution in [2.75, 3.05) is 19.8 Å². The molecule has 0 aromatic carbocycles. The highest BCUT2D eigenvalue weighted by Gasteiger charge is 2.40. The molecule has 1 fully saturated rings. The summed E-state index contributed by atoms with van der Waals surface area (Å²) >= 11 is 0. The van der Waals surface area contributed by atoms with E-state index in [1.54, 1.807) is 25.7 Å². The quantitative estimate of drug-likeness (QED) is 0.765. The number of ether oxygens (including phenoxy) is 1. The van der Waals surface area contributed by atoms with Crippen LogP contribution in [0.1, 0.15) is 40.5 Å². The SMILES string of the molecule is CC(=O)C1(CF)CCN(C(=O)OC(C)(C)C)CC1. The Morgan fingerprint density at radius 2 is 1.78 bits per heavy atom. The Labute approximate surface area is 107 Å². The average Bonchev–Trinajstić information content (AvgIpc) is 2.26. The predicted molar refractivity (Wildman–Crippen MR) is 66.1 cm³/mol. The Morgan fingerprint density at radius 3 is 2.11 bits per heavy atom. The summed E-state index contributed by atoms with van der Waals surface area (Å²) in [7, 11) is 0. The van der Waals surface area contributed by atoms with Gasteiger partial charge in [0.1, 0.15) is 18.1 Å². The number of Topliss-reactive ketones (excluding diaryl/α,β-unsaturated/α-hetero) is 1. The standard InChI is InChI=1S/C13H22FNO3/c1-10(16)13(9-14)5-7-15(8-6-13)11(17)18-12(2,3)4/h5-9H2,1-4H3. The zero-order valence-electron chi connectivity index (χ0n) is 11.6. The van der Waals surface area contributed by atoms with Crippen molar-refractivity contribution in [3.05, 3.63) is 0 Å². The lowest BCUT2D eigenvalue weighted by Crippen LogP contribution is -2.48. The number of likely N-dealkylation sites (tertiary alicyclic amines) is 1. The molecule has 0 spiro atoms. The number of hydrogen-bond acceptors (Lipinski definition) is 3. The van der Waals surface area contributed by atoms with Crippen molar-refractivity contribution in [2.45, 2.75) is 46.1 Å². The molecule has 5 heteroatoms. The summed E-state index contributed by atoms with van der Waals surface area (Å²) in [5, 5.41) is 0. The van der Waals surface area contributed by atoms with Crippen molar-refractivity contribution in [1.82, 2.24) is 4.90 Å². The molecule has 18 heavy (non-hydrogen) atoms. The van der Waals surface area contributed by atoms with E-state index < -0.39 is 23.8 Å². The molecular weight excluding hydrogens is 237 g/mol. The maximum Gasteiger partial charge on any atom is 0.410 e. The van der Waals surface area contributed by atoms with Gasteiger partial charge in [0.2, 0.25) is 0 Å². The minimum absolute atomic E-state index is 0.131. The van der Waals surface area contributed by atoms with Crippen LogP contribution in [0.5, 0.6) is 0 Å². The molecule has 0 aliphatic carbocycles. The smallest absolute Gasteiger partial charge is 0.410 e. The third-order valence-corrected chi connectivity index (χ3v) is 3.37. The highest BCUT2D eigenvalue weighted by Crippen LogP contribution is 2.33. The first kappa shape index (κ1) is 14.9. The normalized spacial score (nSPS) is 19.5. The van der Waals surface area contributed by atoms with Gasteiger partial charge in [-0.3, -0.25) is 9.18 Å². The third-order valence-electron chi connectivity index (χ3n) is 3.37. The summed E-state index contributed by atoms with van der Waals surface area (Å²) < 4.78 is 18.3. The zero-order chi connectivity index (χ0) is 14.0. The molecular formula is C13H22FNO3. The van der Waals surface area contributed by atoms with Crippen LogP contribution >= 0.6 is 0 Å². The Kier molecular flexibility index (Phi) is 4.35. The van der Waals surface area contributed by atoms with Crippen molar-refractivity contribution in [2.24, 2.45) is 5.41 Å². The molecule has 1 heterocycles. The van der Waals surface area contributed by atoms with E-state index in [4.69, 9.17) is 4.74 Å². The van der Waals surface area contributed by atoms with Gasteiger partial charge >= 0.3 is 6.09 Å². The van der Waals surface area contributed by atoms with E-state index in [2.05, 4.69) is 0 Å². The molecule has 0 saturated carbocycles. The molecule has 4 nitrogen and oxygen atoms in total. The fourth-order valence-electron chi connectivity index (χ4n) is 2.02. The summed E-state index contributed by atoms with van der Waals surface area (Å²) in [5.74, 6) is -0.131. The highest BCUT2D eigenvalue weighted by molar-refractivity contribution is 5.83. The van der Waals surface area contributed by atoms with Gasteiger partial charge in [0, 0.05) is 13.1 Å². The van der Waals surface area contributed by atoms with Crippen molar-refractivity contribution >= 4 is 11.9 Å². The van der Waals surface area contributed by atoms with Crippen LogP contribution in [0, 0.1) is 5.41 Å². The lowest BCUT2D eigenvalue weighted by molar-refractivity contribution is -0.130. The molecule has 0 aromatic heterocycles. The molecule has 104 valence electrons. The first-order chi connectivity index (χ1) is 8.20. The number of nitrogens with zero attached hydrogens (tertiary/aromatic N) is 1. The van der Waals surface area contributed by atoms with Gasteiger partial charge in [0.05, 0.1) is 5.41 Å². The topological polar surface area (TPSA) is 46.6 Å². The maximum atomic E-state index is 13.0. The molecule has 1 rings (SSSR count). The van der Waals surface area contributed by atoms with Crippen LogP contribution < -0.4 is 0 Å². The van der Waals surface area contributed by atoms with E-state index >= 15 is 0 Å². The number of hydrogen-bond donors (Lipinski definition) is 0. The zero-order valence-corrected chi connectivity index (χ0v) is 11.6. The van der Waals surface area contributed by atoms with Crippen molar-refractivity contribution in [1.29, 1.82) is 0 Å². The van der Waals surface area contributed by atoms with Gasteiger partial charge in [0.25, 0.3) is 0 Å². The Hall–Kier alpha value is -1.13. The van der Waals surface area contributed by atoms with Crippen molar-refractivity contribution in [3.63, 3.8) is 0 Å². The van der Waals surface area contributed by atoms with E-state index in [1.807, 2.05) is 0 Å². The summed E-state index contributed by atoms with van der Waals surface area (Å²) in [4.78, 5) is 24.8. The minimum atomic E-state index is -0.890. The number of amides is 1. The first-order valence-corrected chi connectivity index (χ1v) is 6.25. The molecule has 0 aromatic rings. The molecule has 0 radical (unpaired) electrons. The van der Waals surface area contributed by atoms with Gasteiger partial charge in [-0.15, -0.1) is 0 Å². The second kappa shape index (κ2) is 5.24. The number of ketones is 1. The van der Waals surface area contributed by atoms with Crippen LogP contribution in [0.4, 0.5) is 9.18 Å². The Balaban J connectivity index is 2.58. The Bertz CT molecular complexity index is 328. The lowest BCUT2D eigenvalue weighted by Gasteiger charge is -2.38. The van der Waals surface area contributed by atoms with E-state index in [9.17, 15) is 14.0 Å². The average molecular weight is 259 g/mol. The molecule has 0 unspecified atom stereocenters. The first-order valence-electron chi connectivity index (χ1n) is 6.25. The number of alkyl halides is 1. The summed E-state index contributed by atoms with van der Waals surface area (Å²) in [5.41, 5.74) is -1.43. The number of carbonyl (C=O) groups excluding carboxylic acids is 2. The minimum Gasteiger partial charge on any atom is -0.444 e. The maximum absolute atomic E-state index is 13.0. The van der Waals surface area contributed by atoms with E-state index in [-0.39, 0.29) is 5.78 Å². The van der Waals surface area contributed by atoms with E-state index in [0.29, 0.717) is 25.9 Å². The lowest BCUT2D eigenvalue weighted by atomic mass is 9.76. The predicted octanol–water partition coefficient (Wildman–Crippen LogP) is 2.56. The highest BCUT2D eigenvalue weighted by atomic mass is 19.1. The largest absolute Gasteiger partial charge is 0.444 e. The molecule has 1 aliphatic heterocycles. The van der Waals surface area contributed by atoms with Crippen molar-refractivity contribution in [3.8, 4) is 0 Å². The number of piperidine rings is 1. The number of carbonyl (C=O) groups is 2. The second-order valence-corrected chi connectivity index (χ2v) is 5.94. The van der Waals surface area contributed by atoms with Crippen LogP contribution in [-0.4, -0.2) is 42.1 Å². The van der Waals surface area contributed by atoms with E-state index in [1.165, 1.54) is 6.92 Å². The molecule has 1 aliphatic rings. The molecule has 1 amide bonds. The van der Waals surface area contributed by atoms with Crippen LogP contribution in [-0.2, 0) is 9.53 Å². The van der Waals surface area contributed by atoms with Crippen LogP contribution in [0.25, 0.3) is 0 Å². The molecule has 1 saturated heterocycles. The van der Waals surface area contributed by atoms with Gasteiger partial charge in [0.15, 0.2) is 0 Å². The van der Waals surface area contributed by atoms with Crippen molar-refractivity contribution < 1.29 is 18.7 Å². The second-order valence-electron chi connectivity index (χ2n) is 5.94. The van der Waals surface area contributed by atoms with Gasteiger partial charge < -0.3 is 9.64 Å². The van der Waals surface area contributed by atoms with Crippen LogP contribution in [0.15, 0.2) is 0 Å². The van der Waals surface area contributed by atoms with Crippen LogP contribution in [0.3, 0.4) is 0 Å². The fraction of sp³-hybridized carbons (Fsp3) is 0.846. The molecule has 0 N–H and O–H groups in total. The van der Waals surface area contributed by atoms with Gasteiger partial charge in [-0.25, -0.2) is 4.79 Å². The third kappa shape index (κ3) is 3.43. The monoisotopic (exact) mass is 259 g/mol. The van der Waals surface area contributed by atoms with Crippen LogP contribution in [0.2, 0.25) is 0 Å². The summed E-state index contributed by atoms with van der Waals surface area (Å²) in [6.07, 6.45) is 0.356. The molecule has 0 atom stereocenters. The van der Waals surface area contributed by atoms with Gasteiger partial charge in [-0.2, -0.15) is 0 Å². The fourth-order valence-corrected chi connectivity index (χ4v) is 2.02. The van der Waals surface area contributed by atoms with Gasteiger partial charge in [-0.05, 0) is 40.5 Å². The van der Waals surface area contributed by atoms with E-state index in [0.717, 1.165) is 0 Å².